The normalized spacial score (nSPS) is 16.0. The Morgan fingerprint density at radius 2 is 1.63 bits per heavy atom. The lowest BCUT2D eigenvalue weighted by molar-refractivity contribution is -0.130. The number of amides is 3. The smallest absolute Gasteiger partial charge is 0.239 e. The van der Waals surface area contributed by atoms with Crippen molar-refractivity contribution >= 4 is 17.7 Å². The second kappa shape index (κ2) is 7.73. The zero-order valence-electron chi connectivity index (χ0n) is 11.6. The van der Waals surface area contributed by atoms with E-state index in [1.807, 2.05) is 4.90 Å². The monoisotopic (exact) mass is 270 g/mol. The fraction of sp³-hybridized carbons (Fsp3) is 0.750. The predicted molar refractivity (Wildman–Crippen MR) is 70.4 cm³/mol. The lowest BCUT2D eigenvalue weighted by atomic mass is 10.3. The summed E-state index contributed by atoms with van der Waals surface area (Å²) in [6, 6.07) is 0. The van der Waals surface area contributed by atoms with E-state index in [1.165, 1.54) is 6.92 Å². The maximum Gasteiger partial charge on any atom is 0.239 e. The molecule has 0 saturated carbocycles. The van der Waals surface area contributed by atoms with Gasteiger partial charge in [0.05, 0.1) is 6.54 Å². The van der Waals surface area contributed by atoms with Crippen LogP contribution in [0.4, 0.5) is 0 Å². The molecule has 0 unspecified atom stereocenters. The molecule has 1 heterocycles. The number of nitrogens with zero attached hydrogens (tertiary/aromatic N) is 2. The van der Waals surface area contributed by atoms with Gasteiger partial charge in [-0.1, -0.05) is 0 Å². The van der Waals surface area contributed by atoms with Gasteiger partial charge in [-0.2, -0.15) is 0 Å². The van der Waals surface area contributed by atoms with Crippen molar-refractivity contribution in [3.63, 3.8) is 0 Å². The Hall–Kier alpha value is -1.63. The molecular weight excluding hydrogens is 248 g/mol. The highest BCUT2D eigenvalue weighted by Crippen LogP contribution is 2.00. The molecule has 1 saturated heterocycles. The van der Waals surface area contributed by atoms with Crippen molar-refractivity contribution in [1.82, 2.24) is 20.4 Å². The van der Waals surface area contributed by atoms with Gasteiger partial charge in [-0.25, -0.2) is 0 Å². The van der Waals surface area contributed by atoms with Crippen molar-refractivity contribution in [2.75, 3.05) is 45.8 Å². The van der Waals surface area contributed by atoms with Crippen molar-refractivity contribution in [1.29, 1.82) is 0 Å². The number of hydrogen-bond donors (Lipinski definition) is 2. The molecule has 0 aromatic carbocycles. The van der Waals surface area contributed by atoms with Crippen molar-refractivity contribution in [3.8, 4) is 0 Å². The maximum absolute atomic E-state index is 11.3. The van der Waals surface area contributed by atoms with Gasteiger partial charge in [0.25, 0.3) is 0 Å². The van der Waals surface area contributed by atoms with Crippen molar-refractivity contribution in [3.05, 3.63) is 0 Å². The van der Waals surface area contributed by atoms with Crippen LogP contribution in [0.3, 0.4) is 0 Å². The van der Waals surface area contributed by atoms with Gasteiger partial charge >= 0.3 is 0 Å². The molecular formula is C12H22N4O3. The van der Waals surface area contributed by atoms with Gasteiger partial charge in [-0.15, -0.1) is 0 Å². The molecule has 7 heteroatoms. The second-order valence-electron chi connectivity index (χ2n) is 4.61. The van der Waals surface area contributed by atoms with Crippen LogP contribution in [0.2, 0.25) is 0 Å². The van der Waals surface area contributed by atoms with Crippen LogP contribution in [0.25, 0.3) is 0 Å². The molecule has 7 nitrogen and oxygen atoms in total. The molecule has 0 atom stereocenters. The number of carbonyl (C=O) groups is 3. The van der Waals surface area contributed by atoms with E-state index in [-0.39, 0.29) is 24.3 Å². The van der Waals surface area contributed by atoms with Crippen LogP contribution in [-0.4, -0.2) is 73.3 Å². The average molecular weight is 270 g/mol. The third-order valence-electron chi connectivity index (χ3n) is 3.07. The Bertz CT molecular complexity index is 338. The van der Waals surface area contributed by atoms with Gasteiger partial charge in [0.15, 0.2) is 0 Å². The SMILES string of the molecule is CC(=O)NCC(=O)NCCN1CCN(C(C)=O)CC1. The number of nitrogens with one attached hydrogen (secondary N) is 2. The maximum atomic E-state index is 11.3. The van der Waals surface area contributed by atoms with E-state index in [4.69, 9.17) is 0 Å². The van der Waals surface area contributed by atoms with Gasteiger partial charge in [-0.3, -0.25) is 19.3 Å². The minimum Gasteiger partial charge on any atom is -0.353 e. The fourth-order valence-corrected chi connectivity index (χ4v) is 1.91. The first-order valence-corrected chi connectivity index (χ1v) is 6.48. The highest BCUT2D eigenvalue weighted by Gasteiger charge is 2.17. The minimum atomic E-state index is -0.212. The van der Waals surface area contributed by atoms with E-state index < -0.39 is 0 Å². The summed E-state index contributed by atoms with van der Waals surface area (Å²) < 4.78 is 0. The lowest BCUT2D eigenvalue weighted by Gasteiger charge is -2.34. The molecule has 1 aliphatic rings. The van der Waals surface area contributed by atoms with Gasteiger partial charge in [0, 0.05) is 53.1 Å². The van der Waals surface area contributed by atoms with Crippen LogP contribution in [0.5, 0.6) is 0 Å². The Labute approximate surface area is 113 Å². The summed E-state index contributed by atoms with van der Waals surface area (Å²) in [6.07, 6.45) is 0. The Morgan fingerprint density at radius 1 is 1.00 bits per heavy atom. The predicted octanol–water partition coefficient (Wildman–Crippen LogP) is -1.60. The van der Waals surface area contributed by atoms with Gasteiger partial charge in [-0.05, 0) is 0 Å². The number of carbonyl (C=O) groups excluding carboxylic acids is 3. The summed E-state index contributed by atoms with van der Waals surface area (Å²) in [5.41, 5.74) is 0. The largest absolute Gasteiger partial charge is 0.353 e. The molecule has 108 valence electrons. The van der Waals surface area contributed by atoms with Crippen molar-refractivity contribution < 1.29 is 14.4 Å². The third kappa shape index (κ3) is 6.19. The molecule has 19 heavy (non-hydrogen) atoms. The van der Waals surface area contributed by atoms with Crippen LogP contribution in [0.15, 0.2) is 0 Å². The molecule has 1 aliphatic heterocycles. The zero-order chi connectivity index (χ0) is 14.3. The van der Waals surface area contributed by atoms with Gasteiger partial charge in [0.2, 0.25) is 17.7 Å². The molecule has 0 aromatic rings. The average Bonchev–Trinajstić information content (AvgIpc) is 2.37. The van der Waals surface area contributed by atoms with Crippen molar-refractivity contribution in [2.24, 2.45) is 0 Å². The van der Waals surface area contributed by atoms with Crippen LogP contribution < -0.4 is 10.6 Å². The summed E-state index contributed by atoms with van der Waals surface area (Å²) in [5, 5.41) is 5.19. The Balaban J connectivity index is 2.09. The lowest BCUT2D eigenvalue weighted by Crippen LogP contribution is -2.50. The summed E-state index contributed by atoms with van der Waals surface area (Å²) in [7, 11) is 0. The third-order valence-corrected chi connectivity index (χ3v) is 3.07. The Kier molecular flexibility index (Phi) is 6.27. The number of rotatable bonds is 5. The number of hydrogen-bond acceptors (Lipinski definition) is 4. The van der Waals surface area contributed by atoms with E-state index in [2.05, 4.69) is 15.5 Å². The molecule has 3 amide bonds. The summed E-state index contributed by atoms with van der Waals surface area (Å²) in [4.78, 5) is 37.1. The molecule has 0 bridgehead atoms. The van der Waals surface area contributed by atoms with Crippen molar-refractivity contribution in [2.45, 2.75) is 13.8 Å². The van der Waals surface area contributed by atoms with E-state index in [9.17, 15) is 14.4 Å². The fourth-order valence-electron chi connectivity index (χ4n) is 1.91. The summed E-state index contributed by atoms with van der Waals surface area (Å²) in [6.45, 7) is 7.45. The van der Waals surface area contributed by atoms with Gasteiger partial charge < -0.3 is 15.5 Å². The van der Waals surface area contributed by atoms with Crippen LogP contribution in [0, 0.1) is 0 Å². The molecule has 1 rings (SSSR count). The van der Waals surface area contributed by atoms with Gasteiger partial charge in [0.1, 0.15) is 0 Å². The molecule has 0 aromatic heterocycles. The second-order valence-corrected chi connectivity index (χ2v) is 4.61. The summed E-state index contributed by atoms with van der Waals surface area (Å²) >= 11 is 0. The molecule has 0 aliphatic carbocycles. The first-order valence-electron chi connectivity index (χ1n) is 6.48. The standard InChI is InChI=1S/C12H22N4O3/c1-10(17)14-9-12(19)13-3-4-15-5-7-16(8-6-15)11(2)18/h3-9H2,1-2H3,(H,13,19)(H,14,17). The van der Waals surface area contributed by atoms with Crippen LogP contribution in [0.1, 0.15) is 13.8 Å². The van der Waals surface area contributed by atoms with E-state index in [1.54, 1.807) is 6.92 Å². The van der Waals surface area contributed by atoms with E-state index in [0.717, 1.165) is 32.7 Å². The summed E-state index contributed by atoms with van der Waals surface area (Å²) in [5.74, 6) is -0.281. The molecule has 0 radical (unpaired) electrons. The first kappa shape index (κ1) is 15.4. The zero-order valence-corrected chi connectivity index (χ0v) is 11.6. The topological polar surface area (TPSA) is 81.8 Å². The van der Waals surface area contributed by atoms with E-state index >= 15 is 0 Å². The number of piperazine rings is 1. The highest BCUT2D eigenvalue weighted by molar-refractivity contribution is 5.83. The molecule has 1 fully saturated rings. The highest BCUT2D eigenvalue weighted by atomic mass is 16.2. The first-order chi connectivity index (χ1) is 8.99. The van der Waals surface area contributed by atoms with Crippen LogP contribution >= 0.6 is 0 Å². The minimum absolute atomic E-state index is 0.0213. The Morgan fingerprint density at radius 3 is 2.16 bits per heavy atom. The molecule has 2 N–H and O–H groups in total. The quantitative estimate of drug-likeness (QED) is 0.630. The van der Waals surface area contributed by atoms with E-state index in [0.29, 0.717) is 6.54 Å². The molecule has 0 spiro atoms. The van der Waals surface area contributed by atoms with Crippen LogP contribution in [-0.2, 0) is 14.4 Å².